The molecule has 0 fully saturated rings. The highest BCUT2D eigenvalue weighted by Crippen LogP contribution is 2.27. The Kier molecular flexibility index (Phi) is 6.87. The first kappa shape index (κ1) is 18.8. The van der Waals surface area contributed by atoms with Crippen LogP contribution in [-0.2, 0) is 6.54 Å². The quantitative estimate of drug-likeness (QED) is 0.673. The van der Waals surface area contributed by atoms with Crippen molar-refractivity contribution in [1.82, 2.24) is 5.32 Å². The molecule has 0 unspecified atom stereocenters. The Bertz CT molecular complexity index is 739. The molecule has 0 radical (unpaired) electrons. The number of phenols is 1. The third-order valence-electron chi connectivity index (χ3n) is 4.02. The monoisotopic (exact) mass is 355 g/mol. The van der Waals surface area contributed by atoms with Gasteiger partial charge in [0.1, 0.15) is 0 Å². The molecule has 0 saturated heterocycles. The van der Waals surface area contributed by atoms with Crippen LogP contribution in [0.2, 0.25) is 0 Å². The molecule has 0 aliphatic heterocycles. The van der Waals surface area contributed by atoms with Gasteiger partial charge in [-0.3, -0.25) is 0 Å². The summed E-state index contributed by atoms with van der Waals surface area (Å²) < 4.78 is 5.09. The second-order valence-electron chi connectivity index (χ2n) is 5.64. The van der Waals surface area contributed by atoms with Gasteiger partial charge in [0.15, 0.2) is 11.5 Å². The van der Waals surface area contributed by atoms with E-state index in [2.05, 4.69) is 29.6 Å². The SMILES string of the molecule is COc1ccc(CNC(c2ccccc2)c2ccccc2)cc1O.Cl. The molecule has 0 bridgehead atoms. The second-order valence-corrected chi connectivity index (χ2v) is 5.64. The normalized spacial score (nSPS) is 10.3. The average Bonchev–Trinajstić information content (AvgIpc) is 2.64. The number of benzene rings is 3. The number of hydrogen-bond donors (Lipinski definition) is 2. The molecule has 25 heavy (non-hydrogen) atoms. The highest BCUT2D eigenvalue weighted by Gasteiger charge is 2.13. The van der Waals surface area contributed by atoms with Gasteiger partial charge in [0, 0.05) is 6.54 Å². The van der Waals surface area contributed by atoms with Crippen molar-refractivity contribution in [3.63, 3.8) is 0 Å². The van der Waals surface area contributed by atoms with Crippen molar-refractivity contribution in [2.45, 2.75) is 12.6 Å². The van der Waals surface area contributed by atoms with Crippen LogP contribution in [0.4, 0.5) is 0 Å². The Morgan fingerprint density at radius 1 is 0.880 bits per heavy atom. The minimum atomic E-state index is 0. The molecule has 0 aromatic heterocycles. The van der Waals surface area contributed by atoms with Crippen molar-refractivity contribution in [2.75, 3.05) is 7.11 Å². The molecular weight excluding hydrogens is 334 g/mol. The molecule has 0 saturated carbocycles. The van der Waals surface area contributed by atoms with E-state index in [1.807, 2.05) is 42.5 Å². The van der Waals surface area contributed by atoms with Crippen molar-refractivity contribution in [1.29, 1.82) is 0 Å². The summed E-state index contributed by atoms with van der Waals surface area (Å²) in [5.41, 5.74) is 3.42. The van der Waals surface area contributed by atoms with Crippen LogP contribution in [0.15, 0.2) is 78.9 Å². The number of nitrogens with one attached hydrogen (secondary N) is 1. The van der Waals surface area contributed by atoms with Crippen LogP contribution in [0.1, 0.15) is 22.7 Å². The van der Waals surface area contributed by atoms with Gasteiger partial charge in [-0.15, -0.1) is 12.4 Å². The lowest BCUT2D eigenvalue weighted by molar-refractivity contribution is 0.373. The molecule has 4 heteroatoms. The fourth-order valence-electron chi connectivity index (χ4n) is 2.78. The summed E-state index contributed by atoms with van der Waals surface area (Å²) in [6, 6.07) is 26.3. The van der Waals surface area contributed by atoms with Crippen LogP contribution in [0.25, 0.3) is 0 Å². The lowest BCUT2D eigenvalue weighted by Crippen LogP contribution is -2.22. The standard InChI is InChI=1S/C21H21NO2.ClH/c1-24-20-13-12-16(14-19(20)23)15-22-21(17-8-4-2-5-9-17)18-10-6-3-7-11-18;/h2-14,21-23H,15H2,1H3;1H. The number of phenolic OH excluding ortho intramolecular Hbond substituents is 1. The Morgan fingerprint density at radius 3 is 1.92 bits per heavy atom. The molecule has 0 atom stereocenters. The summed E-state index contributed by atoms with van der Waals surface area (Å²) in [6.07, 6.45) is 0. The van der Waals surface area contributed by atoms with Gasteiger partial charge in [0.25, 0.3) is 0 Å². The molecule has 0 amide bonds. The lowest BCUT2D eigenvalue weighted by atomic mass is 9.98. The first-order chi connectivity index (χ1) is 11.8. The molecule has 3 rings (SSSR count). The zero-order valence-electron chi connectivity index (χ0n) is 14.1. The highest BCUT2D eigenvalue weighted by molar-refractivity contribution is 5.85. The van der Waals surface area contributed by atoms with E-state index in [1.165, 1.54) is 11.1 Å². The fraction of sp³-hybridized carbons (Fsp3) is 0.143. The molecule has 3 nitrogen and oxygen atoms in total. The van der Waals surface area contributed by atoms with Crippen LogP contribution < -0.4 is 10.1 Å². The number of aromatic hydroxyl groups is 1. The van der Waals surface area contributed by atoms with Gasteiger partial charge in [-0.2, -0.15) is 0 Å². The van der Waals surface area contributed by atoms with Gasteiger partial charge in [0.05, 0.1) is 13.2 Å². The number of ether oxygens (including phenoxy) is 1. The number of rotatable bonds is 6. The largest absolute Gasteiger partial charge is 0.504 e. The Hall–Kier alpha value is -2.49. The van der Waals surface area contributed by atoms with Gasteiger partial charge >= 0.3 is 0 Å². The van der Waals surface area contributed by atoms with Crippen LogP contribution in [0, 0.1) is 0 Å². The lowest BCUT2D eigenvalue weighted by Gasteiger charge is -2.20. The van der Waals surface area contributed by atoms with E-state index in [1.54, 1.807) is 19.2 Å². The van der Waals surface area contributed by atoms with Crippen LogP contribution in [-0.4, -0.2) is 12.2 Å². The summed E-state index contributed by atoms with van der Waals surface area (Å²) in [6.45, 7) is 0.645. The van der Waals surface area contributed by atoms with E-state index in [4.69, 9.17) is 4.74 Å². The molecule has 0 heterocycles. The molecule has 130 valence electrons. The summed E-state index contributed by atoms with van der Waals surface area (Å²) in [5.74, 6) is 0.647. The molecule has 2 N–H and O–H groups in total. The molecule has 0 aliphatic rings. The molecule has 3 aromatic rings. The minimum Gasteiger partial charge on any atom is -0.504 e. The molecule has 0 aliphatic carbocycles. The third-order valence-corrected chi connectivity index (χ3v) is 4.02. The molecular formula is C21H22ClNO2. The predicted molar refractivity (Wildman–Crippen MR) is 103 cm³/mol. The molecule has 3 aromatic carbocycles. The van der Waals surface area contributed by atoms with Gasteiger partial charge in [-0.25, -0.2) is 0 Å². The second kappa shape index (κ2) is 9.11. The van der Waals surface area contributed by atoms with Crippen molar-refractivity contribution in [3.05, 3.63) is 95.6 Å². The maximum Gasteiger partial charge on any atom is 0.160 e. The van der Waals surface area contributed by atoms with Gasteiger partial charge in [0.2, 0.25) is 0 Å². The van der Waals surface area contributed by atoms with Gasteiger partial charge in [-0.1, -0.05) is 66.7 Å². The van der Waals surface area contributed by atoms with Crippen molar-refractivity contribution >= 4 is 12.4 Å². The van der Waals surface area contributed by atoms with Crippen LogP contribution >= 0.6 is 12.4 Å². The predicted octanol–water partition coefficient (Wildman–Crippen LogP) is 4.70. The van der Waals surface area contributed by atoms with Crippen LogP contribution in [0.3, 0.4) is 0 Å². The molecule has 0 spiro atoms. The number of halogens is 1. The maximum absolute atomic E-state index is 9.94. The van der Waals surface area contributed by atoms with E-state index in [0.29, 0.717) is 12.3 Å². The Morgan fingerprint density at radius 2 is 1.44 bits per heavy atom. The topological polar surface area (TPSA) is 41.5 Å². The van der Waals surface area contributed by atoms with E-state index in [-0.39, 0.29) is 24.2 Å². The van der Waals surface area contributed by atoms with E-state index < -0.39 is 0 Å². The fourth-order valence-corrected chi connectivity index (χ4v) is 2.78. The van der Waals surface area contributed by atoms with E-state index in [9.17, 15) is 5.11 Å². The third kappa shape index (κ3) is 4.75. The first-order valence-corrected chi connectivity index (χ1v) is 7.97. The maximum atomic E-state index is 9.94. The summed E-state index contributed by atoms with van der Waals surface area (Å²) in [7, 11) is 1.55. The first-order valence-electron chi connectivity index (χ1n) is 7.97. The zero-order chi connectivity index (χ0) is 16.8. The number of hydrogen-bond acceptors (Lipinski definition) is 3. The van der Waals surface area contributed by atoms with Gasteiger partial charge in [-0.05, 0) is 28.8 Å². The van der Waals surface area contributed by atoms with E-state index >= 15 is 0 Å². The van der Waals surface area contributed by atoms with Crippen molar-refractivity contribution in [2.24, 2.45) is 0 Å². The summed E-state index contributed by atoms with van der Waals surface area (Å²) >= 11 is 0. The van der Waals surface area contributed by atoms with Crippen molar-refractivity contribution < 1.29 is 9.84 Å². The number of methoxy groups -OCH3 is 1. The highest BCUT2D eigenvalue weighted by atomic mass is 35.5. The Balaban J connectivity index is 0.00000225. The van der Waals surface area contributed by atoms with Gasteiger partial charge < -0.3 is 15.2 Å². The summed E-state index contributed by atoms with van der Waals surface area (Å²) in [4.78, 5) is 0. The minimum absolute atomic E-state index is 0. The van der Waals surface area contributed by atoms with Crippen molar-refractivity contribution in [3.8, 4) is 11.5 Å². The van der Waals surface area contributed by atoms with E-state index in [0.717, 1.165) is 5.56 Å². The zero-order valence-corrected chi connectivity index (χ0v) is 14.9. The average molecular weight is 356 g/mol. The van der Waals surface area contributed by atoms with Crippen LogP contribution in [0.5, 0.6) is 11.5 Å². The Labute approximate surface area is 154 Å². The smallest absolute Gasteiger partial charge is 0.160 e. The summed E-state index contributed by atoms with van der Waals surface area (Å²) in [5, 5.41) is 13.5.